The number of benzene rings is 1. The van der Waals surface area contributed by atoms with Crippen molar-refractivity contribution >= 4 is 17.4 Å². The molecule has 2 heterocycles. The number of rotatable bonds is 3. The summed E-state index contributed by atoms with van der Waals surface area (Å²) in [5.74, 6) is -0.256. The van der Waals surface area contributed by atoms with Gasteiger partial charge in [0.15, 0.2) is 0 Å². The molecule has 5 nitrogen and oxygen atoms in total. The maximum atomic E-state index is 13.4. The molecule has 0 aromatic heterocycles. The zero-order valence-electron chi connectivity index (χ0n) is 15.6. The monoisotopic (exact) mass is 384 g/mol. The molecule has 3 N–H and O–H groups in total. The minimum Gasteiger partial charge on any atom is -0.404 e. The molecule has 7 heteroatoms. The van der Waals surface area contributed by atoms with Crippen molar-refractivity contribution in [1.82, 2.24) is 5.32 Å². The van der Waals surface area contributed by atoms with Crippen LogP contribution in [-0.4, -0.2) is 24.7 Å². The summed E-state index contributed by atoms with van der Waals surface area (Å²) < 4.78 is 26.7. The van der Waals surface area contributed by atoms with E-state index in [-0.39, 0.29) is 23.0 Å². The zero-order valence-corrected chi connectivity index (χ0v) is 15.6. The highest BCUT2D eigenvalue weighted by Crippen LogP contribution is 2.35. The Morgan fingerprint density at radius 3 is 2.79 bits per heavy atom. The second-order valence-electron chi connectivity index (χ2n) is 7.25. The van der Waals surface area contributed by atoms with E-state index in [0.717, 1.165) is 54.3 Å². The minimum atomic E-state index is -2.69. The van der Waals surface area contributed by atoms with Crippen LogP contribution in [0.2, 0.25) is 0 Å². The van der Waals surface area contributed by atoms with E-state index in [9.17, 15) is 13.6 Å². The summed E-state index contributed by atoms with van der Waals surface area (Å²) >= 11 is 0. The highest BCUT2D eigenvalue weighted by molar-refractivity contribution is 6.26. The van der Waals surface area contributed by atoms with Crippen LogP contribution in [0.5, 0.6) is 0 Å². The lowest BCUT2D eigenvalue weighted by molar-refractivity contribution is -0.114. The van der Waals surface area contributed by atoms with Gasteiger partial charge in [0.2, 0.25) is 0 Å². The number of anilines is 1. The topological polar surface area (TPSA) is 70.7 Å². The first kappa shape index (κ1) is 18.4. The molecule has 146 valence electrons. The maximum absolute atomic E-state index is 13.4. The molecular weight excluding hydrogens is 362 g/mol. The Morgan fingerprint density at radius 2 is 2.11 bits per heavy atom. The van der Waals surface area contributed by atoms with Gasteiger partial charge in [-0.1, -0.05) is 17.7 Å². The first-order valence-electron chi connectivity index (χ1n) is 9.39. The van der Waals surface area contributed by atoms with E-state index in [1.807, 2.05) is 19.1 Å². The van der Waals surface area contributed by atoms with Crippen molar-refractivity contribution < 1.29 is 13.6 Å². The summed E-state index contributed by atoms with van der Waals surface area (Å²) in [7, 11) is 0. The SMILES string of the molecule is Cc1ccc2c(c1)CCCN2C(=O)C(=CN)C1=NC(=C2CC2)C=C(C(F)F)N1. The van der Waals surface area contributed by atoms with Gasteiger partial charge in [0, 0.05) is 18.4 Å². The Bertz CT molecular complexity index is 953. The van der Waals surface area contributed by atoms with Crippen LogP contribution in [0.15, 0.2) is 58.0 Å². The Morgan fingerprint density at radius 1 is 1.32 bits per heavy atom. The Balaban J connectivity index is 1.67. The molecular formula is C21H22F2N4O. The van der Waals surface area contributed by atoms with Gasteiger partial charge in [-0.3, -0.25) is 4.79 Å². The molecule has 0 radical (unpaired) electrons. The summed E-state index contributed by atoms with van der Waals surface area (Å²) in [6.45, 7) is 2.56. The molecule has 0 spiro atoms. The van der Waals surface area contributed by atoms with Crippen LogP contribution in [0.25, 0.3) is 0 Å². The molecule has 1 aromatic rings. The molecule has 1 aromatic carbocycles. The number of fused-ring (bicyclic) bond motifs is 1. The third-order valence-corrected chi connectivity index (χ3v) is 5.14. The lowest BCUT2D eigenvalue weighted by Crippen LogP contribution is -2.42. The van der Waals surface area contributed by atoms with Gasteiger partial charge in [0.05, 0.1) is 17.0 Å². The fraction of sp³-hybridized carbons (Fsp3) is 0.333. The second kappa shape index (κ2) is 7.22. The van der Waals surface area contributed by atoms with Gasteiger partial charge in [0.25, 0.3) is 12.3 Å². The van der Waals surface area contributed by atoms with E-state index in [1.165, 1.54) is 6.08 Å². The lowest BCUT2D eigenvalue weighted by Gasteiger charge is -2.31. The normalized spacial score (nSPS) is 19.1. The van der Waals surface area contributed by atoms with Crippen molar-refractivity contribution in [3.05, 3.63) is 64.1 Å². The van der Waals surface area contributed by atoms with Gasteiger partial charge in [-0.2, -0.15) is 0 Å². The molecule has 0 unspecified atom stereocenters. The van der Waals surface area contributed by atoms with Gasteiger partial charge in [0.1, 0.15) is 5.84 Å². The van der Waals surface area contributed by atoms with Crippen molar-refractivity contribution in [1.29, 1.82) is 0 Å². The van der Waals surface area contributed by atoms with Crippen molar-refractivity contribution in [2.75, 3.05) is 11.4 Å². The van der Waals surface area contributed by atoms with E-state index in [1.54, 1.807) is 4.90 Å². The maximum Gasteiger partial charge on any atom is 0.278 e. The van der Waals surface area contributed by atoms with E-state index in [0.29, 0.717) is 12.2 Å². The molecule has 28 heavy (non-hydrogen) atoms. The number of hydrogen-bond acceptors (Lipinski definition) is 4. The molecule has 2 aliphatic heterocycles. The number of hydrogen-bond donors (Lipinski definition) is 2. The molecule has 1 saturated carbocycles. The number of allylic oxidation sites excluding steroid dienone is 3. The van der Waals surface area contributed by atoms with Gasteiger partial charge in [-0.25, -0.2) is 13.8 Å². The van der Waals surface area contributed by atoms with Crippen LogP contribution in [0.1, 0.15) is 30.4 Å². The Hall–Kier alpha value is -2.96. The number of aliphatic imine (C=N–C) groups is 1. The molecule has 3 aliphatic rings. The molecule has 1 fully saturated rings. The Kier molecular flexibility index (Phi) is 4.75. The average molecular weight is 384 g/mol. The van der Waals surface area contributed by atoms with E-state index >= 15 is 0 Å². The summed E-state index contributed by atoms with van der Waals surface area (Å²) in [5.41, 5.74) is 10.2. The number of alkyl halides is 2. The number of nitrogens with two attached hydrogens (primary N) is 1. The van der Waals surface area contributed by atoms with Gasteiger partial charge in [-0.05, 0) is 55.9 Å². The fourth-order valence-corrected chi connectivity index (χ4v) is 3.58. The standard InChI is InChI=1S/C21H22F2N4O/c1-12-4-7-18-14(9-12)3-2-8-27(18)21(28)15(11-24)20-25-16(13-5-6-13)10-17(26-20)19(22)23/h4,7,9-11,19H,2-3,5-6,8,24H2,1H3,(H,25,26). The minimum absolute atomic E-state index is 0.0823. The summed E-state index contributed by atoms with van der Waals surface area (Å²) in [5, 5.41) is 2.60. The molecule has 0 atom stereocenters. The van der Waals surface area contributed by atoms with Gasteiger partial charge >= 0.3 is 0 Å². The summed E-state index contributed by atoms with van der Waals surface area (Å²) in [6, 6.07) is 5.96. The first-order valence-corrected chi connectivity index (χ1v) is 9.39. The average Bonchev–Trinajstić information content (AvgIpc) is 3.53. The van der Waals surface area contributed by atoms with E-state index < -0.39 is 6.43 Å². The van der Waals surface area contributed by atoms with Gasteiger partial charge < -0.3 is 16.0 Å². The Labute approximate surface area is 162 Å². The van der Waals surface area contributed by atoms with Crippen molar-refractivity contribution in [2.24, 2.45) is 10.7 Å². The summed E-state index contributed by atoms with van der Waals surface area (Å²) in [6.07, 6.45) is 3.23. The van der Waals surface area contributed by atoms with Crippen molar-refractivity contribution in [3.8, 4) is 0 Å². The molecule has 4 rings (SSSR count). The van der Waals surface area contributed by atoms with E-state index in [2.05, 4.69) is 16.4 Å². The third-order valence-electron chi connectivity index (χ3n) is 5.14. The van der Waals surface area contributed by atoms with Crippen molar-refractivity contribution in [3.63, 3.8) is 0 Å². The molecule has 0 bridgehead atoms. The highest BCUT2D eigenvalue weighted by Gasteiger charge is 2.31. The second-order valence-corrected chi connectivity index (χ2v) is 7.25. The predicted octanol–water partition coefficient (Wildman–Crippen LogP) is 3.32. The third kappa shape index (κ3) is 3.44. The van der Waals surface area contributed by atoms with Crippen molar-refractivity contribution in [2.45, 2.75) is 39.0 Å². The molecule has 1 aliphatic carbocycles. The van der Waals surface area contributed by atoms with E-state index in [4.69, 9.17) is 5.73 Å². The highest BCUT2D eigenvalue weighted by atomic mass is 19.3. The predicted molar refractivity (Wildman–Crippen MR) is 105 cm³/mol. The number of amidine groups is 1. The van der Waals surface area contributed by atoms with Gasteiger partial charge in [-0.15, -0.1) is 0 Å². The van der Waals surface area contributed by atoms with Crippen LogP contribution >= 0.6 is 0 Å². The number of halogens is 2. The number of carbonyl (C=O) groups excluding carboxylic acids is 1. The largest absolute Gasteiger partial charge is 0.404 e. The molecule has 1 amide bonds. The number of amides is 1. The van der Waals surface area contributed by atoms with Crippen LogP contribution in [0.4, 0.5) is 14.5 Å². The van der Waals surface area contributed by atoms with Crippen LogP contribution < -0.4 is 16.0 Å². The molecule has 0 saturated heterocycles. The number of aryl methyl sites for hydroxylation is 2. The number of nitrogens with one attached hydrogen (secondary N) is 1. The number of carbonyl (C=O) groups is 1. The zero-order chi connectivity index (χ0) is 19.8. The van der Waals surface area contributed by atoms with Crippen LogP contribution in [0, 0.1) is 6.92 Å². The summed E-state index contributed by atoms with van der Waals surface area (Å²) in [4.78, 5) is 19.4. The quantitative estimate of drug-likeness (QED) is 0.786. The smallest absolute Gasteiger partial charge is 0.278 e. The van der Waals surface area contributed by atoms with Crippen LogP contribution in [-0.2, 0) is 11.2 Å². The lowest BCUT2D eigenvalue weighted by atomic mass is 9.98. The number of nitrogens with zero attached hydrogens (tertiary/aromatic N) is 2. The first-order chi connectivity index (χ1) is 13.5. The van der Waals surface area contributed by atoms with Crippen LogP contribution in [0.3, 0.4) is 0 Å². The fourth-order valence-electron chi connectivity index (χ4n) is 3.58.